The number of para-hydroxylation sites is 2. The van der Waals surface area contributed by atoms with E-state index in [9.17, 15) is 10.1 Å². The van der Waals surface area contributed by atoms with Gasteiger partial charge in [0.15, 0.2) is 0 Å². The van der Waals surface area contributed by atoms with Gasteiger partial charge >= 0.3 is 5.69 Å². The fraction of sp³-hybridized carbons (Fsp3) is 0.111. The normalized spacial score (nSPS) is 10.3. The highest BCUT2D eigenvalue weighted by molar-refractivity contribution is 5.78. The van der Waals surface area contributed by atoms with Crippen molar-refractivity contribution >= 4 is 28.7 Å². The van der Waals surface area contributed by atoms with Crippen LogP contribution in [0.1, 0.15) is 5.56 Å². The third kappa shape index (κ3) is 3.40. The summed E-state index contributed by atoms with van der Waals surface area (Å²) < 4.78 is 0. The number of nitrogens with zero attached hydrogens (tertiary/aromatic N) is 4. The number of nitrogens with one attached hydrogen (secondary N) is 1. The Morgan fingerprint density at radius 3 is 2.40 bits per heavy atom. The van der Waals surface area contributed by atoms with Crippen LogP contribution in [-0.4, -0.2) is 21.9 Å². The minimum Gasteiger partial charge on any atom is -0.334 e. The van der Waals surface area contributed by atoms with Crippen LogP contribution in [0.3, 0.4) is 0 Å². The number of anilines is 4. The number of benzene rings is 2. The zero-order valence-corrected chi connectivity index (χ0v) is 13.9. The van der Waals surface area contributed by atoms with Gasteiger partial charge in [-0.25, -0.2) is 9.97 Å². The number of hydrogen-bond donors (Lipinski definition) is 1. The number of rotatable bonds is 5. The third-order valence-electron chi connectivity index (χ3n) is 3.84. The molecule has 0 saturated carbocycles. The van der Waals surface area contributed by atoms with Crippen molar-refractivity contribution in [1.82, 2.24) is 9.97 Å². The Morgan fingerprint density at radius 2 is 1.72 bits per heavy atom. The van der Waals surface area contributed by atoms with E-state index in [1.54, 1.807) is 11.9 Å². The molecule has 2 aromatic carbocycles. The Balaban J connectivity index is 2.06. The molecule has 1 N–H and O–H groups in total. The fourth-order valence-electron chi connectivity index (χ4n) is 2.49. The Kier molecular flexibility index (Phi) is 4.56. The van der Waals surface area contributed by atoms with Crippen LogP contribution in [0.2, 0.25) is 0 Å². The van der Waals surface area contributed by atoms with E-state index in [1.807, 2.05) is 61.5 Å². The van der Waals surface area contributed by atoms with Crippen molar-refractivity contribution < 1.29 is 4.92 Å². The van der Waals surface area contributed by atoms with E-state index in [4.69, 9.17) is 0 Å². The van der Waals surface area contributed by atoms with Gasteiger partial charge in [-0.3, -0.25) is 10.1 Å². The molecule has 0 aliphatic heterocycles. The molecule has 0 amide bonds. The summed E-state index contributed by atoms with van der Waals surface area (Å²) in [7, 11) is 1.74. The van der Waals surface area contributed by atoms with Crippen molar-refractivity contribution in [3.63, 3.8) is 0 Å². The van der Waals surface area contributed by atoms with Gasteiger partial charge in [-0.2, -0.15) is 0 Å². The molecule has 126 valence electrons. The van der Waals surface area contributed by atoms with Crippen molar-refractivity contribution in [3.8, 4) is 0 Å². The van der Waals surface area contributed by atoms with Gasteiger partial charge in [0.05, 0.1) is 4.92 Å². The Bertz CT molecular complexity index is 899. The first kappa shape index (κ1) is 16.4. The summed E-state index contributed by atoms with van der Waals surface area (Å²) in [5.74, 6) is 0.384. The molecule has 0 aliphatic rings. The minimum absolute atomic E-state index is 0.159. The minimum atomic E-state index is -0.463. The van der Waals surface area contributed by atoms with Gasteiger partial charge < -0.3 is 10.2 Å². The number of nitro groups is 1. The standard InChI is InChI=1S/C18H17N5O2/c1-13-8-6-7-11-15(13)21-17-16(23(24)25)18(20-12-19-17)22(2)14-9-4-3-5-10-14/h3-12H,1-2H3,(H,19,20,21). The van der Waals surface area contributed by atoms with Crippen LogP contribution in [0, 0.1) is 17.0 Å². The van der Waals surface area contributed by atoms with Crippen LogP contribution >= 0.6 is 0 Å². The smallest absolute Gasteiger partial charge is 0.334 e. The zero-order chi connectivity index (χ0) is 17.8. The van der Waals surface area contributed by atoms with Gasteiger partial charge in [0.25, 0.3) is 0 Å². The molecule has 0 spiro atoms. The number of aryl methyl sites for hydroxylation is 1. The largest absolute Gasteiger partial charge is 0.354 e. The van der Waals surface area contributed by atoms with Gasteiger partial charge in [0, 0.05) is 18.4 Å². The van der Waals surface area contributed by atoms with Crippen molar-refractivity contribution in [2.45, 2.75) is 6.92 Å². The topological polar surface area (TPSA) is 84.2 Å². The fourth-order valence-corrected chi connectivity index (χ4v) is 2.49. The lowest BCUT2D eigenvalue weighted by Gasteiger charge is -2.19. The maximum atomic E-state index is 11.7. The lowest BCUT2D eigenvalue weighted by molar-refractivity contribution is -0.383. The van der Waals surface area contributed by atoms with Gasteiger partial charge in [-0.15, -0.1) is 0 Å². The summed E-state index contributed by atoms with van der Waals surface area (Å²) in [5.41, 5.74) is 2.36. The second-order valence-electron chi connectivity index (χ2n) is 5.49. The molecule has 0 radical (unpaired) electrons. The zero-order valence-electron chi connectivity index (χ0n) is 13.9. The molecule has 3 rings (SSSR count). The van der Waals surface area contributed by atoms with Crippen LogP contribution < -0.4 is 10.2 Å². The maximum Gasteiger partial charge on any atom is 0.354 e. The molecule has 7 heteroatoms. The van der Waals surface area contributed by atoms with E-state index < -0.39 is 4.92 Å². The third-order valence-corrected chi connectivity index (χ3v) is 3.84. The summed E-state index contributed by atoms with van der Waals surface area (Å²) in [6.45, 7) is 1.92. The first-order chi connectivity index (χ1) is 12.1. The summed E-state index contributed by atoms with van der Waals surface area (Å²) in [6.07, 6.45) is 1.32. The monoisotopic (exact) mass is 335 g/mol. The van der Waals surface area contributed by atoms with Gasteiger partial charge in [0.1, 0.15) is 6.33 Å². The highest BCUT2D eigenvalue weighted by atomic mass is 16.6. The molecule has 7 nitrogen and oxygen atoms in total. The first-order valence-corrected chi connectivity index (χ1v) is 7.68. The molecule has 25 heavy (non-hydrogen) atoms. The molecule has 0 atom stereocenters. The van der Waals surface area contributed by atoms with Crippen LogP contribution in [0.15, 0.2) is 60.9 Å². The van der Waals surface area contributed by atoms with Gasteiger partial charge in [-0.1, -0.05) is 36.4 Å². The molecule has 0 bridgehead atoms. The van der Waals surface area contributed by atoms with Crippen LogP contribution in [0.5, 0.6) is 0 Å². The van der Waals surface area contributed by atoms with E-state index in [-0.39, 0.29) is 17.3 Å². The second-order valence-corrected chi connectivity index (χ2v) is 5.49. The van der Waals surface area contributed by atoms with Crippen molar-refractivity contribution in [1.29, 1.82) is 0 Å². The van der Waals surface area contributed by atoms with E-state index >= 15 is 0 Å². The molecule has 1 aromatic heterocycles. The summed E-state index contributed by atoms with van der Waals surface area (Å²) in [5, 5.41) is 14.8. The molecule has 0 saturated heterocycles. The predicted molar refractivity (Wildman–Crippen MR) is 97.7 cm³/mol. The van der Waals surface area contributed by atoms with Gasteiger partial charge in [0.2, 0.25) is 11.6 Å². The molecular weight excluding hydrogens is 318 g/mol. The Labute approximate surface area is 145 Å². The summed E-state index contributed by atoms with van der Waals surface area (Å²) in [4.78, 5) is 21.1. The summed E-state index contributed by atoms with van der Waals surface area (Å²) >= 11 is 0. The van der Waals surface area contributed by atoms with E-state index in [2.05, 4.69) is 15.3 Å². The highest BCUT2D eigenvalue weighted by Crippen LogP contribution is 2.36. The Hall–Kier alpha value is -3.48. The maximum absolute atomic E-state index is 11.7. The van der Waals surface area contributed by atoms with Crippen LogP contribution in [0.4, 0.5) is 28.7 Å². The van der Waals surface area contributed by atoms with Crippen LogP contribution in [0.25, 0.3) is 0 Å². The lowest BCUT2D eigenvalue weighted by Crippen LogP contribution is -2.15. The second kappa shape index (κ2) is 6.96. The number of aromatic nitrogens is 2. The predicted octanol–water partition coefficient (Wildman–Crippen LogP) is 4.20. The van der Waals surface area contributed by atoms with Crippen LogP contribution in [-0.2, 0) is 0 Å². The molecule has 3 aromatic rings. The average molecular weight is 335 g/mol. The number of hydrogen-bond acceptors (Lipinski definition) is 6. The van der Waals surface area contributed by atoms with Crippen molar-refractivity contribution in [3.05, 3.63) is 76.6 Å². The molecule has 0 fully saturated rings. The molecular formula is C18H17N5O2. The molecule has 0 unspecified atom stereocenters. The SMILES string of the molecule is Cc1ccccc1Nc1ncnc(N(C)c2ccccc2)c1[N+](=O)[O-]. The first-order valence-electron chi connectivity index (χ1n) is 7.68. The Morgan fingerprint density at radius 1 is 1.04 bits per heavy atom. The van der Waals surface area contributed by atoms with Gasteiger partial charge in [-0.05, 0) is 30.7 Å². The quantitative estimate of drug-likeness (QED) is 0.555. The van der Waals surface area contributed by atoms with E-state index in [0.717, 1.165) is 16.9 Å². The average Bonchev–Trinajstić information content (AvgIpc) is 2.63. The highest BCUT2D eigenvalue weighted by Gasteiger charge is 2.26. The molecule has 1 heterocycles. The van der Waals surface area contributed by atoms with Crippen molar-refractivity contribution in [2.24, 2.45) is 0 Å². The van der Waals surface area contributed by atoms with E-state index in [0.29, 0.717) is 0 Å². The van der Waals surface area contributed by atoms with E-state index in [1.165, 1.54) is 6.33 Å². The lowest BCUT2D eigenvalue weighted by atomic mass is 10.2. The van der Waals surface area contributed by atoms with Crippen molar-refractivity contribution in [2.75, 3.05) is 17.3 Å². The summed E-state index contributed by atoms with van der Waals surface area (Å²) in [6, 6.07) is 16.9. The molecule has 0 aliphatic carbocycles.